The summed E-state index contributed by atoms with van der Waals surface area (Å²) in [6.07, 6.45) is 2.35. The molecule has 0 bridgehead atoms. The predicted molar refractivity (Wildman–Crippen MR) is 135 cm³/mol. The van der Waals surface area contributed by atoms with E-state index in [1.54, 1.807) is 18.4 Å². The lowest BCUT2D eigenvalue weighted by Crippen LogP contribution is -2.39. The minimum Gasteiger partial charge on any atom is -0.497 e. The third-order valence-corrected chi connectivity index (χ3v) is 7.85. The number of nitrogens with zero attached hydrogens (tertiary/aromatic N) is 2. The lowest BCUT2D eigenvalue weighted by atomic mass is 10.1. The zero-order valence-corrected chi connectivity index (χ0v) is 20.0. The Hall–Kier alpha value is -2.94. The number of aromatic nitrogens is 1. The van der Waals surface area contributed by atoms with Gasteiger partial charge in [0.15, 0.2) is 5.13 Å². The van der Waals surface area contributed by atoms with E-state index in [9.17, 15) is 4.79 Å². The molecule has 8 heteroatoms. The molecular formula is C25H25N3O3S2. The first kappa shape index (κ1) is 21.9. The van der Waals surface area contributed by atoms with E-state index >= 15 is 0 Å². The maximum atomic E-state index is 12.7. The van der Waals surface area contributed by atoms with Crippen LogP contribution in [0.25, 0.3) is 9.53 Å². The molecule has 0 radical (unpaired) electrons. The topological polar surface area (TPSA) is 63.7 Å². The molecule has 6 nitrogen and oxygen atoms in total. The van der Waals surface area contributed by atoms with Crippen LogP contribution < -0.4 is 15.0 Å². The van der Waals surface area contributed by atoms with Crippen LogP contribution in [0.3, 0.4) is 0 Å². The summed E-state index contributed by atoms with van der Waals surface area (Å²) in [5.74, 6) is 0.635. The molecular weight excluding hydrogens is 454 g/mol. The molecule has 4 aromatic rings. The van der Waals surface area contributed by atoms with Gasteiger partial charge in [0.2, 0.25) is 0 Å². The molecule has 1 aliphatic rings. The molecule has 3 heterocycles. The molecule has 5 rings (SSSR count). The van der Waals surface area contributed by atoms with E-state index < -0.39 is 0 Å². The molecule has 1 N–H and O–H groups in total. The van der Waals surface area contributed by atoms with Crippen molar-refractivity contribution in [3.8, 4) is 5.75 Å². The van der Waals surface area contributed by atoms with Gasteiger partial charge in [0, 0.05) is 18.8 Å². The van der Waals surface area contributed by atoms with Crippen LogP contribution in [-0.2, 0) is 11.3 Å². The predicted octanol–water partition coefficient (Wildman–Crippen LogP) is 5.80. The van der Waals surface area contributed by atoms with Crippen LogP contribution in [-0.4, -0.2) is 37.2 Å². The van der Waals surface area contributed by atoms with Crippen LogP contribution in [0.15, 0.2) is 60.7 Å². The molecule has 1 atom stereocenters. The second kappa shape index (κ2) is 9.91. The molecule has 0 aliphatic carbocycles. The second-order valence-corrected chi connectivity index (χ2v) is 10.0. The number of benzene rings is 2. The van der Waals surface area contributed by atoms with Crippen molar-refractivity contribution in [3.63, 3.8) is 0 Å². The summed E-state index contributed by atoms with van der Waals surface area (Å²) < 4.78 is 12.4. The van der Waals surface area contributed by atoms with Crippen molar-refractivity contribution in [1.29, 1.82) is 0 Å². The van der Waals surface area contributed by atoms with Crippen molar-refractivity contribution < 1.29 is 14.3 Å². The van der Waals surface area contributed by atoms with E-state index in [0.717, 1.165) is 52.0 Å². The lowest BCUT2D eigenvalue weighted by Gasteiger charge is -2.32. The zero-order chi connectivity index (χ0) is 22.6. The first-order valence-electron chi connectivity index (χ1n) is 10.9. The number of fused-ring (bicyclic) bond motifs is 1. The smallest absolute Gasteiger partial charge is 0.265 e. The van der Waals surface area contributed by atoms with Gasteiger partial charge in [0.25, 0.3) is 5.91 Å². The summed E-state index contributed by atoms with van der Waals surface area (Å²) in [6, 6.07) is 19.5. The molecule has 1 fully saturated rings. The zero-order valence-electron chi connectivity index (χ0n) is 18.3. The average molecular weight is 480 g/mol. The van der Waals surface area contributed by atoms with Gasteiger partial charge >= 0.3 is 0 Å². The van der Waals surface area contributed by atoms with E-state index in [0.29, 0.717) is 11.5 Å². The van der Waals surface area contributed by atoms with Crippen LogP contribution >= 0.6 is 22.7 Å². The van der Waals surface area contributed by atoms with Gasteiger partial charge in [-0.1, -0.05) is 41.7 Å². The monoisotopic (exact) mass is 479 g/mol. The van der Waals surface area contributed by atoms with Gasteiger partial charge in [-0.15, -0.1) is 11.3 Å². The minimum absolute atomic E-state index is 0.121. The van der Waals surface area contributed by atoms with Gasteiger partial charge < -0.3 is 19.7 Å². The van der Waals surface area contributed by atoms with E-state index in [1.165, 1.54) is 16.9 Å². The fourth-order valence-corrected chi connectivity index (χ4v) is 6.02. The summed E-state index contributed by atoms with van der Waals surface area (Å²) in [5.41, 5.74) is 1.94. The molecule has 170 valence electrons. The maximum Gasteiger partial charge on any atom is 0.265 e. The summed E-state index contributed by atoms with van der Waals surface area (Å²) >= 11 is 3.07. The summed E-state index contributed by atoms with van der Waals surface area (Å²) in [5, 5.41) is 3.94. The van der Waals surface area contributed by atoms with Gasteiger partial charge in [0.1, 0.15) is 10.6 Å². The standard InChI is InChI=1S/C25H25N3O3S2/c1-30-19-11-9-18(10-12-19)26-23(29)21-14-22-24(32-21)27-25(33-22)28-13-5-8-20(15-28)31-16-17-6-3-2-4-7-17/h2-4,6-7,9-12,14,20H,5,8,13,15-16H2,1H3,(H,26,29). The second-order valence-electron chi connectivity index (χ2n) is 7.97. The van der Waals surface area contributed by atoms with Crippen LogP contribution in [0.1, 0.15) is 28.1 Å². The number of carbonyl (C=O) groups excluding carboxylic acids is 1. The number of amides is 1. The van der Waals surface area contributed by atoms with Crippen molar-refractivity contribution in [2.24, 2.45) is 0 Å². The quantitative estimate of drug-likeness (QED) is 0.363. The molecule has 2 aromatic heterocycles. The normalized spacial score (nSPS) is 16.2. The highest BCUT2D eigenvalue weighted by Crippen LogP contribution is 2.36. The van der Waals surface area contributed by atoms with Crippen LogP contribution in [0.2, 0.25) is 0 Å². The van der Waals surface area contributed by atoms with Crippen molar-refractivity contribution in [2.75, 3.05) is 30.4 Å². The molecule has 2 aromatic carbocycles. The number of nitrogens with one attached hydrogen (secondary N) is 1. The number of rotatable bonds is 7. The molecule has 33 heavy (non-hydrogen) atoms. The first-order valence-corrected chi connectivity index (χ1v) is 12.6. The molecule has 1 saturated heterocycles. The van der Waals surface area contributed by atoms with Gasteiger partial charge in [0.05, 0.1) is 29.4 Å². The van der Waals surface area contributed by atoms with Gasteiger partial charge in [-0.3, -0.25) is 4.79 Å². The van der Waals surface area contributed by atoms with E-state index in [1.807, 2.05) is 48.5 Å². The Bertz CT molecular complexity index is 1190. The average Bonchev–Trinajstić information content (AvgIpc) is 3.44. The third kappa shape index (κ3) is 5.19. The largest absolute Gasteiger partial charge is 0.497 e. The van der Waals surface area contributed by atoms with Crippen LogP contribution in [0.4, 0.5) is 10.8 Å². The highest BCUT2D eigenvalue weighted by Gasteiger charge is 2.24. The maximum absolute atomic E-state index is 12.7. The Morgan fingerprint density at radius 1 is 1.15 bits per heavy atom. The van der Waals surface area contributed by atoms with E-state index in [2.05, 4.69) is 22.3 Å². The molecule has 1 unspecified atom stereocenters. The fourth-order valence-electron chi connectivity index (χ4n) is 3.87. The van der Waals surface area contributed by atoms with Gasteiger partial charge in [-0.05, 0) is 48.7 Å². The van der Waals surface area contributed by atoms with Crippen LogP contribution in [0, 0.1) is 0 Å². The van der Waals surface area contributed by atoms with Gasteiger partial charge in [-0.2, -0.15) is 0 Å². The Labute approximate surface area is 200 Å². The van der Waals surface area contributed by atoms with Crippen LogP contribution in [0.5, 0.6) is 5.75 Å². The van der Waals surface area contributed by atoms with E-state index in [-0.39, 0.29) is 12.0 Å². The SMILES string of the molecule is COc1ccc(NC(=O)c2cc3sc(N4CCCC(OCc5ccccc5)C4)nc3s2)cc1. The number of methoxy groups -OCH3 is 1. The molecule has 0 saturated carbocycles. The lowest BCUT2D eigenvalue weighted by molar-refractivity contribution is 0.0316. The van der Waals surface area contributed by atoms with E-state index in [4.69, 9.17) is 14.5 Å². The minimum atomic E-state index is -0.121. The summed E-state index contributed by atoms with van der Waals surface area (Å²) in [6.45, 7) is 2.47. The van der Waals surface area contributed by atoms with Crippen molar-refractivity contribution in [2.45, 2.75) is 25.6 Å². The molecule has 1 aliphatic heterocycles. The summed E-state index contributed by atoms with van der Waals surface area (Å²) in [7, 11) is 1.62. The summed E-state index contributed by atoms with van der Waals surface area (Å²) in [4.78, 5) is 21.4. The Kier molecular flexibility index (Phi) is 6.57. The number of hydrogen-bond donors (Lipinski definition) is 1. The molecule has 1 amide bonds. The number of thiazole rings is 1. The number of anilines is 2. The highest BCUT2D eigenvalue weighted by molar-refractivity contribution is 7.29. The molecule has 0 spiro atoms. The number of carbonyl (C=O) groups is 1. The third-order valence-electron chi connectivity index (χ3n) is 5.63. The first-order chi connectivity index (χ1) is 16.2. The number of piperidine rings is 1. The Morgan fingerprint density at radius 2 is 1.97 bits per heavy atom. The highest BCUT2D eigenvalue weighted by atomic mass is 32.1. The Balaban J connectivity index is 1.21. The van der Waals surface area contributed by atoms with Crippen molar-refractivity contribution in [3.05, 3.63) is 71.1 Å². The number of hydrogen-bond acceptors (Lipinski definition) is 7. The van der Waals surface area contributed by atoms with Crippen molar-refractivity contribution in [1.82, 2.24) is 4.98 Å². The fraction of sp³-hybridized carbons (Fsp3) is 0.280. The Morgan fingerprint density at radius 3 is 2.73 bits per heavy atom. The number of thiophene rings is 1. The van der Waals surface area contributed by atoms with Gasteiger partial charge in [-0.25, -0.2) is 4.98 Å². The van der Waals surface area contributed by atoms with Crippen molar-refractivity contribution >= 4 is 48.9 Å². The number of ether oxygens (including phenoxy) is 2.